The fraction of sp³-hybridized carbons (Fsp3) is 0.200. The Kier molecular flexibility index (Phi) is 4.00. The van der Waals surface area contributed by atoms with Crippen molar-refractivity contribution < 1.29 is 14.5 Å². The van der Waals surface area contributed by atoms with E-state index < -0.39 is 10.9 Å². The molecule has 0 saturated heterocycles. The Morgan fingerprint density at radius 1 is 1.65 bits per heavy atom. The van der Waals surface area contributed by atoms with Crippen molar-refractivity contribution in [1.82, 2.24) is 4.98 Å². The van der Waals surface area contributed by atoms with Gasteiger partial charge in [-0.25, -0.2) is 0 Å². The van der Waals surface area contributed by atoms with Crippen LogP contribution in [-0.2, 0) is 9.53 Å². The van der Waals surface area contributed by atoms with Crippen LogP contribution in [0.25, 0.3) is 0 Å². The monoisotopic (exact) mass is 235 g/mol. The van der Waals surface area contributed by atoms with E-state index >= 15 is 0 Å². The Balaban J connectivity index is 2.96. The van der Waals surface area contributed by atoms with Crippen molar-refractivity contribution in [3.05, 3.63) is 28.1 Å². The Bertz CT molecular complexity index is 516. The van der Waals surface area contributed by atoms with E-state index in [-0.39, 0.29) is 23.4 Å². The van der Waals surface area contributed by atoms with E-state index in [0.717, 1.165) is 6.20 Å². The molecular formula is C10H9N3O4. The molecule has 1 aromatic heterocycles. The molecule has 0 bridgehead atoms. The molecule has 0 unspecified atom stereocenters. The van der Waals surface area contributed by atoms with Crippen LogP contribution >= 0.6 is 0 Å². The summed E-state index contributed by atoms with van der Waals surface area (Å²) in [7, 11) is 1.24. The van der Waals surface area contributed by atoms with Gasteiger partial charge in [0.2, 0.25) is 0 Å². The van der Waals surface area contributed by atoms with Crippen molar-refractivity contribution in [2.75, 3.05) is 12.8 Å². The Labute approximate surface area is 96.7 Å². The van der Waals surface area contributed by atoms with E-state index in [2.05, 4.69) is 21.6 Å². The zero-order chi connectivity index (χ0) is 12.8. The highest BCUT2D eigenvalue weighted by Crippen LogP contribution is 2.22. The van der Waals surface area contributed by atoms with Gasteiger partial charge in [-0.05, 0) is 0 Å². The second-order valence-corrected chi connectivity index (χ2v) is 2.93. The maximum Gasteiger partial charge on any atom is 0.317 e. The van der Waals surface area contributed by atoms with Crippen LogP contribution in [0.2, 0.25) is 0 Å². The minimum absolute atomic E-state index is 0.0673. The van der Waals surface area contributed by atoms with Crippen molar-refractivity contribution >= 4 is 17.3 Å². The van der Waals surface area contributed by atoms with E-state index in [4.69, 9.17) is 5.73 Å². The molecule has 17 heavy (non-hydrogen) atoms. The highest BCUT2D eigenvalue weighted by Gasteiger charge is 2.13. The first kappa shape index (κ1) is 12.4. The number of nitrogen functional groups attached to an aromatic ring is 1. The van der Waals surface area contributed by atoms with Gasteiger partial charge < -0.3 is 10.5 Å². The molecular weight excluding hydrogens is 226 g/mol. The number of hydrogen-bond donors (Lipinski definition) is 1. The van der Waals surface area contributed by atoms with Crippen molar-refractivity contribution in [3.8, 4) is 11.8 Å². The molecule has 0 aliphatic carbocycles. The number of aromatic nitrogens is 1. The molecule has 88 valence electrons. The van der Waals surface area contributed by atoms with Crippen LogP contribution in [0.3, 0.4) is 0 Å². The molecule has 7 heteroatoms. The highest BCUT2D eigenvalue weighted by atomic mass is 16.6. The summed E-state index contributed by atoms with van der Waals surface area (Å²) in [5.41, 5.74) is 5.37. The number of anilines is 1. The quantitative estimate of drug-likeness (QED) is 0.346. The van der Waals surface area contributed by atoms with Gasteiger partial charge in [-0.3, -0.25) is 19.9 Å². The van der Waals surface area contributed by atoms with E-state index in [0.29, 0.717) is 0 Å². The summed E-state index contributed by atoms with van der Waals surface area (Å²) in [5.74, 6) is 4.53. The molecule has 0 amide bonds. The summed E-state index contributed by atoms with van der Waals surface area (Å²) < 4.78 is 4.38. The van der Waals surface area contributed by atoms with Crippen LogP contribution in [-0.4, -0.2) is 23.0 Å². The van der Waals surface area contributed by atoms with Crippen LogP contribution in [0.4, 0.5) is 11.4 Å². The molecule has 0 fully saturated rings. The summed E-state index contributed by atoms with van der Waals surface area (Å²) in [6.07, 6.45) is 2.23. The standard InChI is InChI=1S/C10H9N3O4/c1-17-9(14)4-2-3-7-5-12-6-8(10(7)11)13(15)16/h5-6H,4H2,1H3,(H2,11,12). The van der Waals surface area contributed by atoms with Crippen LogP contribution < -0.4 is 5.73 Å². The number of nitrogens with zero attached hydrogens (tertiary/aromatic N) is 2. The average molecular weight is 235 g/mol. The number of esters is 1. The molecule has 0 atom stereocenters. The first-order chi connectivity index (χ1) is 8.06. The van der Waals surface area contributed by atoms with E-state index in [9.17, 15) is 14.9 Å². The zero-order valence-corrected chi connectivity index (χ0v) is 8.97. The van der Waals surface area contributed by atoms with Crippen LogP contribution in [0.5, 0.6) is 0 Å². The normalized spacial score (nSPS) is 9.00. The third-order valence-electron chi connectivity index (χ3n) is 1.85. The first-order valence-corrected chi connectivity index (χ1v) is 4.49. The molecule has 1 aromatic rings. The van der Waals surface area contributed by atoms with Gasteiger partial charge in [-0.2, -0.15) is 0 Å². The van der Waals surface area contributed by atoms with Crippen LogP contribution in [0, 0.1) is 22.0 Å². The third kappa shape index (κ3) is 3.17. The average Bonchev–Trinajstić information content (AvgIpc) is 2.30. The van der Waals surface area contributed by atoms with Gasteiger partial charge in [0.1, 0.15) is 18.3 Å². The lowest BCUT2D eigenvalue weighted by Crippen LogP contribution is -2.00. The lowest BCUT2D eigenvalue weighted by atomic mass is 10.2. The fourth-order valence-corrected chi connectivity index (χ4v) is 0.988. The lowest BCUT2D eigenvalue weighted by Gasteiger charge is -1.98. The van der Waals surface area contributed by atoms with Gasteiger partial charge >= 0.3 is 11.7 Å². The minimum Gasteiger partial charge on any atom is -0.468 e. The SMILES string of the molecule is COC(=O)CC#Cc1cncc([N+](=O)[O-])c1N. The number of pyridine rings is 1. The van der Waals surface area contributed by atoms with Crippen molar-refractivity contribution in [3.63, 3.8) is 0 Å². The summed E-state index contributed by atoms with van der Waals surface area (Å²) in [6, 6.07) is 0. The number of nitro groups is 1. The molecule has 2 N–H and O–H groups in total. The summed E-state index contributed by atoms with van der Waals surface area (Å²) in [6.45, 7) is 0. The number of hydrogen-bond acceptors (Lipinski definition) is 6. The predicted octanol–water partition coefficient (Wildman–Crippen LogP) is 0.487. The lowest BCUT2D eigenvalue weighted by molar-refractivity contribution is -0.384. The molecule has 0 spiro atoms. The second-order valence-electron chi connectivity index (χ2n) is 2.93. The van der Waals surface area contributed by atoms with E-state index in [1.54, 1.807) is 0 Å². The minimum atomic E-state index is -0.645. The van der Waals surface area contributed by atoms with E-state index in [1.807, 2.05) is 0 Å². The summed E-state index contributed by atoms with van der Waals surface area (Å²) >= 11 is 0. The summed E-state index contributed by atoms with van der Waals surface area (Å²) in [5, 5.41) is 10.6. The maximum atomic E-state index is 10.8. The molecule has 0 aliphatic heterocycles. The van der Waals surface area contributed by atoms with Gasteiger partial charge in [-0.1, -0.05) is 11.8 Å². The molecule has 0 aromatic carbocycles. The van der Waals surface area contributed by atoms with Crippen LogP contribution in [0.1, 0.15) is 12.0 Å². The Morgan fingerprint density at radius 3 is 2.94 bits per heavy atom. The molecule has 0 aliphatic rings. The fourth-order valence-electron chi connectivity index (χ4n) is 0.988. The second kappa shape index (κ2) is 5.46. The predicted molar refractivity (Wildman–Crippen MR) is 58.8 cm³/mol. The Hall–Kier alpha value is -2.62. The molecule has 1 rings (SSSR count). The highest BCUT2D eigenvalue weighted by molar-refractivity contribution is 5.73. The van der Waals surface area contributed by atoms with Crippen LogP contribution in [0.15, 0.2) is 12.4 Å². The number of nitrogens with two attached hydrogens (primary N) is 1. The number of methoxy groups -OCH3 is 1. The van der Waals surface area contributed by atoms with Crippen molar-refractivity contribution in [2.45, 2.75) is 6.42 Å². The molecule has 1 heterocycles. The van der Waals surface area contributed by atoms with Gasteiger partial charge in [0.25, 0.3) is 0 Å². The number of carbonyl (C=O) groups excluding carboxylic acids is 1. The largest absolute Gasteiger partial charge is 0.468 e. The smallest absolute Gasteiger partial charge is 0.317 e. The molecule has 7 nitrogen and oxygen atoms in total. The Morgan fingerprint density at radius 2 is 2.35 bits per heavy atom. The van der Waals surface area contributed by atoms with Gasteiger partial charge in [0.15, 0.2) is 0 Å². The van der Waals surface area contributed by atoms with E-state index in [1.165, 1.54) is 13.3 Å². The number of ether oxygens (including phenoxy) is 1. The molecule has 0 saturated carbocycles. The first-order valence-electron chi connectivity index (χ1n) is 4.49. The van der Waals surface area contributed by atoms with Crippen molar-refractivity contribution in [1.29, 1.82) is 0 Å². The van der Waals surface area contributed by atoms with Gasteiger partial charge in [0.05, 0.1) is 17.6 Å². The zero-order valence-electron chi connectivity index (χ0n) is 8.97. The number of carbonyl (C=O) groups is 1. The van der Waals surface area contributed by atoms with Gasteiger partial charge in [0, 0.05) is 6.20 Å². The number of rotatable bonds is 2. The topological polar surface area (TPSA) is 108 Å². The van der Waals surface area contributed by atoms with Crippen molar-refractivity contribution in [2.24, 2.45) is 0 Å². The van der Waals surface area contributed by atoms with Gasteiger partial charge in [-0.15, -0.1) is 0 Å². The third-order valence-corrected chi connectivity index (χ3v) is 1.85. The maximum absolute atomic E-state index is 10.8. The molecule has 0 radical (unpaired) electrons. The summed E-state index contributed by atoms with van der Waals surface area (Å²) in [4.78, 5) is 24.3.